The molecular weight excluding hydrogens is 398 g/mol. The molecule has 31 heavy (non-hydrogen) atoms. The average molecular weight is 436 g/mol. The molecule has 0 aliphatic rings. The zero-order valence-electron chi connectivity index (χ0n) is 19.6. The Morgan fingerprint density at radius 2 is 1.55 bits per heavy atom. The number of amides is 1. The molecule has 1 amide bonds. The minimum absolute atomic E-state index is 0.0451. The van der Waals surface area contributed by atoms with Gasteiger partial charge in [0, 0.05) is 16.5 Å². The molecule has 2 aromatic rings. The van der Waals surface area contributed by atoms with Crippen LogP contribution in [0, 0.1) is 11.3 Å². The lowest BCUT2D eigenvalue weighted by Gasteiger charge is -2.28. The Hall–Kier alpha value is -2.22. The number of hydrogen-bond donors (Lipinski definition) is 4. The van der Waals surface area contributed by atoms with Crippen LogP contribution < -0.4 is 10.7 Å². The number of ether oxygens (including phenoxy) is 1. The summed E-state index contributed by atoms with van der Waals surface area (Å²) >= 11 is 0. The SMILES string of the molecule is CC(C)(CO)CO.CC(C)[C@H](NC(=O)OC(C)(C)C)C(O)c1c(-c2ccccc2)c1=O. The van der Waals surface area contributed by atoms with Crippen LogP contribution in [0.3, 0.4) is 0 Å². The first-order valence-electron chi connectivity index (χ1n) is 10.5. The summed E-state index contributed by atoms with van der Waals surface area (Å²) in [7, 11) is 0. The summed E-state index contributed by atoms with van der Waals surface area (Å²) in [6.45, 7) is 12.8. The third-order valence-electron chi connectivity index (χ3n) is 4.63. The molecule has 7 nitrogen and oxygen atoms in total. The smallest absolute Gasteiger partial charge is 0.407 e. The monoisotopic (exact) mass is 435 g/mol. The van der Waals surface area contributed by atoms with Crippen LogP contribution >= 0.6 is 0 Å². The van der Waals surface area contributed by atoms with E-state index in [0.29, 0.717) is 11.1 Å². The number of hydrogen-bond acceptors (Lipinski definition) is 6. The predicted octanol–water partition coefficient (Wildman–Crippen LogP) is 3.17. The van der Waals surface area contributed by atoms with E-state index in [0.717, 1.165) is 5.56 Å². The van der Waals surface area contributed by atoms with E-state index in [1.54, 1.807) is 34.6 Å². The molecule has 0 aromatic heterocycles. The summed E-state index contributed by atoms with van der Waals surface area (Å²) in [5.41, 5.74) is 0.623. The molecular formula is C24H37NO6. The summed E-state index contributed by atoms with van der Waals surface area (Å²) in [6, 6.07) is 8.62. The van der Waals surface area contributed by atoms with Crippen molar-refractivity contribution < 1.29 is 24.9 Å². The van der Waals surface area contributed by atoms with Crippen molar-refractivity contribution in [1.82, 2.24) is 5.32 Å². The van der Waals surface area contributed by atoms with Gasteiger partial charge in [-0.15, -0.1) is 0 Å². The minimum atomic E-state index is -1.06. The molecule has 0 bridgehead atoms. The van der Waals surface area contributed by atoms with Crippen molar-refractivity contribution in [2.45, 2.75) is 66.2 Å². The first-order valence-corrected chi connectivity index (χ1v) is 10.5. The number of carbonyl (C=O) groups is 1. The topological polar surface area (TPSA) is 116 Å². The molecule has 0 heterocycles. The van der Waals surface area contributed by atoms with Gasteiger partial charge in [0.25, 0.3) is 0 Å². The molecule has 0 spiro atoms. The Kier molecular flexibility index (Phi) is 9.42. The van der Waals surface area contributed by atoms with Gasteiger partial charge in [0.2, 0.25) is 0 Å². The highest BCUT2D eigenvalue weighted by Gasteiger charge is 2.37. The number of aliphatic hydroxyl groups excluding tert-OH is 3. The molecule has 4 N–H and O–H groups in total. The third kappa shape index (κ3) is 8.44. The quantitative estimate of drug-likeness (QED) is 0.531. The van der Waals surface area contributed by atoms with Gasteiger partial charge in [0.05, 0.1) is 19.3 Å². The van der Waals surface area contributed by atoms with Crippen molar-refractivity contribution in [2.75, 3.05) is 13.2 Å². The van der Waals surface area contributed by atoms with Gasteiger partial charge in [-0.3, -0.25) is 4.79 Å². The predicted molar refractivity (Wildman–Crippen MR) is 121 cm³/mol. The zero-order valence-corrected chi connectivity index (χ0v) is 19.6. The number of nitrogens with one attached hydrogen (secondary N) is 1. The highest BCUT2D eigenvalue weighted by Crippen LogP contribution is 2.33. The Morgan fingerprint density at radius 1 is 1.03 bits per heavy atom. The summed E-state index contributed by atoms with van der Waals surface area (Å²) in [5, 5.41) is 30.2. The van der Waals surface area contributed by atoms with Crippen LogP contribution in [0.1, 0.15) is 60.1 Å². The molecule has 0 radical (unpaired) electrons. The van der Waals surface area contributed by atoms with E-state index in [4.69, 9.17) is 14.9 Å². The van der Waals surface area contributed by atoms with Gasteiger partial charge in [-0.2, -0.15) is 0 Å². The first-order chi connectivity index (χ1) is 14.2. The van der Waals surface area contributed by atoms with Crippen LogP contribution in [-0.4, -0.2) is 46.3 Å². The molecule has 0 saturated carbocycles. The van der Waals surface area contributed by atoms with Crippen LogP contribution in [0.4, 0.5) is 4.79 Å². The van der Waals surface area contributed by atoms with E-state index in [2.05, 4.69) is 5.32 Å². The molecule has 2 aromatic carbocycles. The molecule has 0 saturated heterocycles. The van der Waals surface area contributed by atoms with Gasteiger partial charge >= 0.3 is 6.09 Å². The van der Waals surface area contributed by atoms with Crippen molar-refractivity contribution >= 4 is 6.09 Å². The van der Waals surface area contributed by atoms with Crippen molar-refractivity contribution in [1.29, 1.82) is 0 Å². The Bertz CT molecular complexity index is 822. The summed E-state index contributed by atoms with van der Waals surface area (Å²) in [5.74, 6) is -0.0644. The number of carbonyl (C=O) groups excluding carboxylic acids is 1. The van der Waals surface area contributed by atoms with Crippen LogP contribution in [0.15, 0.2) is 35.1 Å². The highest BCUT2D eigenvalue weighted by atomic mass is 16.6. The molecule has 0 fully saturated rings. The van der Waals surface area contributed by atoms with Crippen molar-refractivity contribution in [3.63, 3.8) is 0 Å². The lowest BCUT2D eigenvalue weighted by Crippen LogP contribution is -2.45. The van der Waals surface area contributed by atoms with Gasteiger partial charge in [-0.25, -0.2) is 4.79 Å². The summed E-state index contributed by atoms with van der Waals surface area (Å²) in [4.78, 5) is 24.1. The number of benzene rings is 1. The normalized spacial score (nSPS) is 14.0. The first kappa shape index (κ1) is 26.8. The van der Waals surface area contributed by atoms with E-state index < -0.39 is 23.8 Å². The van der Waals surface area contributed by atoms with Crippen molar-refractivity contribution in [2.24, 2.45) is 11.3 Å². The third-order valence-corrected chi connectivity index (χ3v) is 4.63. The van der Waals surface area contributed by atoms with E-state index in [9.17, 15) is 14.7 Å². The fraction of sp³-hybridized carbons (Fsp3) is 0.583. The lowest BCUT2D eigenvalue weighted by molar-refractivity contribution is 0.0378. The fourth-order valence-electron chi connectivity index (χ4n) is 2.64. The number of alkyl carbamates (subject to hydrolysis) is 1. The van der Waals surface area contributed by atoms with E-state index in [1.807, 2.05) is 44.2 Å². The Balaban J connectivity index is 0.000000592. The minimum Gasteiger partial charge on any atom is -0.444 e. The molecule has 174 valence electrons. The maximum atomic E-state index is 12.1. The largest absolute Gasteiger partial charge is 0.444 e. The molecule has 7 heteroatoms. The Labute approximate surface area is 184 Å². The number of aliphatic hydroxyl groups is 3. The van der Waals surface area contributed by atoms with Gasteiger partial charge in [-0.05, 0) is 32.3 Å². The zero-order chi connectivity index (χ0) is 24.0. The molecule has 2 atom stereocenters. The van der Waals surface area contributed by atoms with Gasteiger partial charge < -0.3 is 25.4 Å². The van der Waals surface area contributed by atoms with Crippen LogP contribution in [0.2, 0.25) is 0 Å². The molecule has 0 aliphatic carbocycles. The fourth-order valence-corrected chi connectivity index (χ4v) is 2.64. The van der Waals surface area contributed by atoms with Crippen molar-refractivity contribution in [3.8, 4) is 11.1 Å². The highest BCUT2D eigenvalue weighted by molar-refractivity contribution is 5.77. The van der Waals surface area contributed by atoms with Gasteiger partial charge in [0.1, 0.15) is 11.7 Å². The average Bonchev–Trinajstić information content (AvgIpc) is 3.36. The molecule has 0 aliphatic heterocycles. The van der Waals surface area contributed by atoms with E-state index in [-0.39, 0.29) is 30.0 Å². The second-order valence-electron chi connectivity index (χ2n) is 9.83. The van der Waals surface area contributed by atoms with Crippen molar-refractivity contribution in [3.05, 3.63) is 46.1 Å². The standard InChI is InChI=1S/C19H25NO4.C5H12O2/c1-11(2)15(20-18(23)24-19(3,4)5)17(22)14-13(16(14)21)12-9-7-6-8-10-12;1-5(2,3-6)4-7/h6-11,15,17,22H,1-5H3,(H,20,23);6-7H,3-4H2,1-2H3/t15-,17?;/m0./s1. The van der Waals surface area contributed by atoms with E-state index >= 15 is 0 Å². The maximum absolute atomic E-state index is 12.1. The second kappa shape index (κ2) is 10.9. The Morgan fingerprint density at radius 3 is 1.94 bits per heavy atom. The molecule has 2 rings (SSSR count). The van der Waals surface area contributed by atoms with Crippen LogP contribution in [0.5, 0.6) is 0 Å². The summed E-state index contributed by atoms with van der Waals surface area (Å²) < 4.78 is 5.24. The van der Waals surface area contributed by atoms with Gasteiger partial charge in [-0.1, -0.05) is 58.0 Å². The summed E-state index contributed by atoms with van der Waals surface area (Å²) in [6.07, 6.45) is -1.66. The van der Waals surface area contributed by atoms with E-state index in [1.165, 1.54) is 0 Å². The maximum Gasteiger partial charge on any atom is 0.407 e. The lowest BCUT2D eigenvalue weighted by atomic mass is 9.96. The second-order valence-corrected chi connectivity index (χ2v) is 9.83. The van der Waals surface area contributed by atoms with Crippen LogP contribution in [0.25, 0.3) is 11.1 Å². The van der Waals surface area contributed by atoms with Crippen LogP contribution in [-0.2, 0) is 4.74 Å². The number of rotatable bonds is 7. The van der Waals surface area contributed by atoms with Gasteiger partial charge in [0.15, 0.2) is 5.43 Å². The molecule has 1 unspecified atom stereocenters.